The summed E-state index contributed by atoms with van der Waals surface area (Å²) >= 11 is 0. The summed E-state index contributed by atoms with van der Waals surface area (Å²) in [5.74, 6) is 0.599. The van der Waals surface area contributed by atoms with Gasteiger partial charge in [0, 0.05) is 30.6 Å². The van der Waals surface area contributed by atoms with Crippen LogP contribution in [0.3, 0.4) is 0 Å². The molecule has 21 heavy (non-hydrogen) atoms. The molecule has 7 heteroatoms. The summed E-state index contributed by atoms with van der Waals surface area (Å²) < 4.78 is 5.54. The largest absolute Gasteiger partial charge is 0.439 e. The normalized spacial score (nSPS) is 9.76. The van der Waals surface area contributed by atoms with Crippen molar-refractivity contribution in [3.05, 3.63) is 48.2 Å². The van der Waals surface area contributed by atoms with E-state index in [-0.39, 0.29) is 5.91 Å². The van der Waals surface area contributed by atoms with E-state index in [2.05, 4.69) is 15.6 Å². The second kappa shape index (κ2) is 6.38. The number of nitrogens with two attached hydrogens (primary N) is 1. The fourth-order valence-corrected chi connectivity index (χ4v) is 1.62. The van der Waals surface area contributed by atoms with E-state index in [1.54, 1.807) is 37.4 Å². The number of ether oxygens (including phenoxy) is 1. The highest BCUT2D eigenvalue weighted by Crippen LogP contribution is 2.22. The lowest BCUT2D eigenvalue weighted by molar-refractivity contribution is 0.0962. The Hall–Kier alpha value is -3.09. The molecule has 108 valence electrons. The van der Waals surface area contributed by atoms with Crippen molar-refractivity contribution in [3.8, 4) is 11.6 Å². The Kier molecular flexibility index (Phi) is 4.35. The Balaban J connectivity index is 2.11. The first-order valence-electron chi connectivity index (χ1n) is 6.11. The number of primary amides is 1. The van der Waals surface area contributed by atoms with Gasteiger partial charge >= 0.3 is 6.03 Å². The van der Waals surface area contributed by atoms with E-state index in [1.807, 2.05) is 0 Å². The maximum Gasteiger partial charge on any atom is 0.316 e. The number of pyridine rings is 1. The van der Waals surface area contributed by atoms with Crippen molar-refractivity contribution in [1.29, 1.82) is 0 Å². The van der Waals surface area contributed by atoms with Crippen LogP contribution in [0.1, 0.15) is 10.4 Å². The zero-order valence-electron chi connectivity index (χ0n) is 11.3. The van der Waals surface area contributed by atoms with Gasteiger partial charge in [-0.3, -0.25) is 4.79 Å². The molecule has 0 aliphatic carbocycles. The van der Waals surface area contributed by atoms with E-state index in [0.29, 0.717) is 22.9 Å². The second-order valence-corrected chi connectivity index (χ2v) is 4.08. The molecular weight excluding hydrogens is 272 g/mol. The first-order valence-corrected chi connectivity index (χ1v) is 6.11. The molecule has 1 aromatic heterocycles. The molecule has 0 aliphatic heterocycles. The molecule has 1 heterocycles. The number of anilines is 1. The molecule has 2 aromatic rings. The highest BCUT2D eigenvalue weighted by molar-refractivity contribution is 5.94. The Bertz CT molecular complexity index is 656. The number of amides is 3. The lowest BCUT2D eigenvalue weighted by atomic mass is 10.2. The third kappa shape index (κ3) is 3.93. The van der Waals surface area contributed by atoms with Crippen molar-refractivity contribution < 1.29 is 14.3 Å². The van der Waals surface area contributed by atoms with Gasteiger partial charge in [-0.15, -0.1) is 0 Å². The minimum atomic E-state index is -0.636. The van der Waals surface area contributed by atoms with Gasteiger partial charge in [-0.25, -0.2) is 9.78 Å². The maximum absolute atomic E-state index is 11.5. The molecule has 4 N–H and O–H groups in total. The van der Waals surface area contributed by atoms with Crippen molar-refractivity contribution in [3.63, 3.8) is 0 Å². The number of hydrogen-bond acceptors (Lipinski definition) is 4. The van der Waals surface area contributed by atoms with E-state index in [1.165, 1.54) is 12.3 Å². The van der Waals surface area contributed by atoms with Gasteiger partial charge in [0.05, 0.1) is 0 Å². The summed E-state index contributed by atoms with van der Waals surface area (Å²) in [4.78, 5) is 26.3. The third-order valence-electron chi connectivity index (χ3n) is 2.57. The van der Waals surface area contributed by atoms with Gasteiger partial charge in [0.1, 0.15) is 5.75 Å². The Morgan fingerprint density at radius 1 is 1.19 bits per heavy atom. The quantitative estimate of drug-likeness (QED) is 0.795. The summed E-state index contributed by atoms with van der Waals surface area (Å²) in [7, 11) is 1.55. The fraction of sp³-hybridized carbons (Fsp3) is 0.0714. The fourth-order valence-electron chi connectivity index (χ4n) is 1.62. The van der Waals surface area contributed by atoms with Crippen LogP contribution in [0.4, 0.5) is 10.5 Å². The predicted octanol–water partition coefficient (Wildman–Crippen LogP) is 1.72. The van der Waals surface area contributed by atoms with Crippen LogP contribution in [0, 0.1) is 0 Å². The van der Waals surface area contributed by atoms with Crippen LogP contribution in [0.5, 0.6) is 11.6 Å². The number of benzene rings is 1. The molecule has 0 fully saturated rings. The van der Waals surface area contributed by atoms with Gasteiger partial charge in [0.2, 0.25) is 5.88 Å². The Morgan fingerprint density at radius 2 is 1.90 bits per heavy atom. The molecule has 0 atom stereocenters. The summed E-state index contributed by atoms with van der Waals surface area (Å²) in [6.45, 7) is 0. The number of hydrogen-bond donors (Lipinski definition) is 3. The molecule has 0 radical (unpaired) electrons. The van der Waals surface area contributed by atoms with Gasteiger partial charge in [0.25, 0.3) is 5.91 Å². The van der Waals surface area contributed by atoms with Crippen LogP contribution < -0.4 is 21.1 Å². The molecule has 3 amide bonds. The number of nitrogens with one attached hydrogen (secondary N) is 2. The number of rotatable bonds is 4. The summed E-state index contributed by atoms with van der Waals surface area (Å²) in [6.07, 6.45) is 1.49. The van der Waals surface area contributed by atoms with Gasteiger partial charge in [-0.1, -0.05) is 0 Å². The van der Waals surface area contributed by atoms with Crippen LogP contribution >= 0.6 is 0 Å². The molecular formula is C14H14N4O3. The molecule has 0 unspecified atom stereocenters. The zero-order chi connectivity index (χ0) is 15.2. The minimum absolute atomic E-state index is 0.219. The Morgan fingerprint density at radius 3 is 2.52 bits per heavy atom. The van der Waals surface area contributed by atoms with Crippen LogP contribution in [0.25, 0.3) is 0 Å². The molecule has 2 rings (SSSR count). The van der Waals surface area contributed by atoms with Crippen molar-refractivity contribution >= 4 is 17.6 Å². The SMILES string of the molecule is CNC(=O)c1ccnc(Oc2ccc(NC(N)=O)cc2)c1. The van der Waals surface area contributed by atoms with Crippen molar-refractivity contribution in [2.24, 2.45) is 5.73 Å². The van der Waals surface area contributed by atoms with Gasteiger partial charge < -0.3 is 21.1 Å². The predicted molar refractivity (Wildman–Crippen MR) is 77.3 cm³/mol. The lowest BCUT2D eigenvalue weighted by Crippen LogP contribution is -2.19. The topological polar surface area (TPSA) is 106 Å². The van der Waals surface area contributed by atoms with E-state index in [0.717, 1.165) is 0 Å². The molecule has 1 aromatic carbocycles. The molecule has 7 nitrogen and oxygen atoms in total. The maximum atomic E-state index is 11.5. The van der Waals surface area contributed by atoms with E-state index in [9.17, 15) is 9.59 Å². The highest BCUT2D eigenvalue weighted by atomic mass is 16.5. The van der Waals surface area contributed by atoms with E-state index in [4.69, 9.17) is 10.5 Å². The van der Waals surface area contributed by atoms with Gasteiger partial charge in [-0.2, -0.15) is 0 Å². The van der Waals surface area contributed by atoms with E-state index >= 15 is 0 Å². The van der Waals surface area contributed by atoms with Gasteiger partial charge in [-0.05, 0) is 30.3 Å². The first kappa shape index (κ1) is 14.3. The average Bonchev–Trinajstić information content (AvgIpc) is 2.48. The van der Waals surface area contributed by atoms with Crippen LogP contribution in [-0.2, 0) is 0 Å². The number of carbonyl (C=O) groups excluding carboxylic acids is 2. The second-order valence-electron chi connectivity index (χ2n) is 4.08. The van der Waals surface area contributed by atoms with Crippen molar-refractivity contribution in [1.82, 2.24) is 10.3 Å². The smallest absolute Gasteiger partial charge is 0.316 e. The lowest BCUT2D eigenvalue weighted by Gasteiger charge is -2.07. The first-order chi connectivity index (χ1) is 10.1. The molecule has 0 spiro atoms. The number of urea groups is 1. The third-order valence-corrected chi connectivity index (χ3v) is 2.57. The van der Waals surface area contributed by atoms with Gasteiger partial charge in [0.15, 0.2) is 0 Å². The van der Waals surface area contributed by atoms with E-state index < -0.39 is 6.03 Å². The summed E-state index contributed by atoms with van der Waals surface area (Å²) in [5, 5.41) is 4.97. The van der Waals surface area contributed by atoms with Crippen LogP contribution in [0.15, 0.2) is 42.6 Å². The standard InChI is InChI=1S/C14H14N4O3/c1-16-13(19)9-6-7-17-12(8-9)21-11-4-2-10(3-5-11)18-14(15)20/h2-8H,1H3,(H,16,19)(H3,15,18,20). The number of aromatic nitrogens is 1. The van der Waals surface area contributed by atoms with Crippen LogP contribution in [0.2, 0.25) is 0 Å². The molecule has 0 aliphatic rings. The summed E-state index contributed by atoms with van der Waals surface area (Å²) in [6, 6.07) is 9.08. The van der Waals surface area contributed by atoms with Crippen molar-refractivity contribution in [2.75, 3.05) is 12.4 Å². The molecule has 0 saturated heterocycles. The monoisotopic (exact) mass is 286 g/mol. The average molecular weight is 286 g/mol. The number of carbonyl (C=O) groups is 2. The minimum Gasteiger partial charge on any atom is -0.439 e. The summed E-state index contributed by atoms with van der Waals surface area (Å²) in [5.41, 5.74) is 6.03. The Labute approximate surface area is 121 Å². The zero-order valence-corrected chi connectivity index (χ0v) is 11.3. The van der Waals surface area contributed by atoms with Crippen molar-refractivity contribution in [2.45, 2.75) is 0 Å². The molecule has 0 saturated carbocycles. The number of nitrogens with zero attached hydrogens (tertiary/aromatic N) is 1. The highest BCUT2D eigenvalue weighted by Gasteiger charge is 2.06. The molecule has 0 bridgehead atoms. The van der Waals surface area contributed by atoms with Crippen LogP contribution in [-0.4, -0.2) is 24.0 Å².